The Balaban J connectivity index is 1.64. The Hall–Kier alpha value is -2.10. The summed E-state index contributed by atoms with van der Waals surface area (Å²) in [5, 5.41) is 12.5. The zero-order chi connectivity index (χ0) is 17.6. The van der Waals surface area contributed by atoms with E-state index in [1.165, 1.54) is 11.1 Å². The second kappa shape index (κ2) is 6.01. The van der Waals surface area contributed by atoms with E-state index < -0.39 is 0 Å². The van der Waals surface area contributed by atoms with Crippen LogP contribution in [-0.2, 0) is 11.2 Å². The van der Waals surface area contributed by atoms with E-state index in [1.54, 1.807) is 6.08 Å². The van der Waals surface area contributed by atoms with Crippen LogP contribution in [0.4, 0.5) is 0 Å². The van der Waals surface area contributed by atoms with Crippen molar-refractivity contribution in [2.75, 3.05) is 6.61 Å². The third kappa shape index (κ3) is 2.42. The molecule has 1 aromatic rings. The minimum absolute atomic E-state index is 0.0671. The molecule has 0 unspecified atom stereocenters. The predicted octanol–water partition coefficient (Wildman–Crippen LogP) is 4.12. The summed E-state index contributed by atoms with van der Waals surface area (Å²) >= 11 is 0. The van der Waals surface area contributed by atoms with Crippen molar-refractivity contribution in [1.82, 2.24) is 0 Å². The quantitative estimate of drug-likeness (QED) is 0.512. The second-order valence-electron chi connectivity index (χ2n) is 7.91. The maximum atomic E-state index is 12.6. The summed E-state index contributed by atoms with van der Waals surface area (Å²) in [7, 11) is 0. The smallest absolute Gasteiger partial charge is 0.186 e. The monoisotopic (exact) mass is 339 g/mol. The molecule has 4 atom stereocenters. The average Bonchev–Trinajstić information content (AvgIpc) is 2.90. The molecule has 0 aromatic heterocycles. The molecule has 3 aliphatic carbocycles. The highest BCUT2D eigenvalue weighted by atomic mass is 16.5. The van der Waals surface area contributed by atoms with Gasteiger partial charge in [-0.3, -0.25) is 4.79 Å². The molecule has 0 spiro atoms. The summed E-state index contributed by atoms with van der Waals surface area (Å²) in [6.45, 7) is 6.30. The Kier molecular flexibility index (Phi) is 3.94. The normalized spacial score (nSPS) is 35.0. The van der Waals surface area contributed by atoms with E-state index in [0.29, 0.717) is 36.5 Å². The summed E-state index contributed by atoms with van der Waals surface area (Å²) in [6.07, 6.45) is 6.41. The molecule has 0 bridgehead atoms. The fourth-order valence-electron chi connectivity index (χ4n) is 5.50. The summed E-state index contributed by atoms with van der Waals surface area (Å²) in [5.74, 6) is 2.27. The summed E-state index contributed by atoms with van der Waals surface area (Å²) < 4.78 is 5.68. The van der Waals surface area contributed by atoms with Crippen LogP contribution in [-0.4, -0.2) is 23.3 Å². The van der Waals surface area contributed by atoms with Crippen molar-refractivity contribution in [3.63, 3.8) is 0 Å². The molecule has 0 heterocycles. The molecule has 0 aliphatic heterocycles. The van der Waals surface area contributed by atoms with E-state index in [-0.39, 0.29) is 11.2 Å². The van der Waals surface area contributed by atoms with Crippen LogP contribution in [0.1, 0.15) is 49.7 Å². The fraction of sp³-hybridized carbons (Fsp3) is 0.524. The molecule has 25 heavy (non-hydrogen) atoms. The van der Waals surface area contributed by atoms with Gasteiger partial charge in [0.15, 0.2) is 5.78 Å². The van der Waals surface area contributed by atoms with Crippen molar-refractivity contribution in [2.24, 2.45) is 22.4 Å². The second-order valence-corrected chi connectivity index (χ2v) is 7.91. The first kappa shape index (κ1) is 16.4. The Morgan fingerprint density at radius 3 is 3.04 bits per heavy atom. The SMILES string of the molecule is C=CCOc1ccc2c(c1)CC[C@@H]1[C@@H]2CC[C@]2(C)C(=O)C(=NO)C[C@@H]12. The first-order valence-electron chi connectivity index (χ1n) is 9.20. The topological polar surface area (TPSA) is 58.9 Å². The molecule has 132 valence electrons. The molecular weight excluding hydrogens is 314 g/mol. The summed E-state index contributed by atoms with van der Waals surface area (Å²) in [6, 6.07) is 6.44. The van der Waals surface area contributed by atoms with Crippen molar-refractivity contribution in [3.8, 4) is 5.75 Å². The van der Waals surface area contributed by atoms with Gasteiger partial charge in [-0.25, -0.2) is 0 Å². The van der Waals surface area contributed by atoms with Crippen molar-refractivity contribution in [2.45, 2.75) is 44.9 Å². The first-order valence-corrected chi connectivity index (χ1v) is 9.20. The zero-order valence-electron chi connectivity index (χ0n) is 14.7. The van der Waals surface area contributed by atoms with E-state index in [9.17, 15) is 10.0 Å². The Morgan fingerprint density at radius 1 is 1.44 bits per heavy atom. The maximum Gasteiger partial charge on any atom is 0.186 e. The molecule has 2 fully saturated rings. The number of carbonyl (C=O) groups is 1. The van der Waals surface area contributed by atoms with Crippen LogP contribution in [0.3, 0.4) is 0 Å². The van der Waals surface area contributed by atoms with Gasteiger partial charge in [0.25, 0.3) is 0 Å². The Bertz CT molecular complexity index is 754. The van der Waals surface area contributed by atoms with Crippen LogP contribution >= 0.6 is 0 Å². The lowest BCUT2D eigenvalue weighted by molar-refractivity contribution is -0.125. The number of Topliss-reactive ketones (excluding diaryl/α,β-unsaturated/α-hetero) is 1. The number of rotatable bonds is 3. The Labute approximate surface area is 148 Å². The highest BCUT2D eigenvalue weighted by Crippen LogP contribution is 2.59. The molecule has 0 amide bonds. The van der Waals surface area contributed by atoms with Gasteiger partial charge in [-0.15, -0.1) is 0 Å². The lowest BCUT2D eigenvalue weighted by Gasteiger charge is -2.47. The van der Waals surface area contributed by atoms with Crippen molar-refractivity contribution in [3.05, 3.63) is 42.0 Å². The highest BCUT2D eigenvalue weighted by Gasteiger charge is 2.57. The van der Waals surface area contributed by atoms with Crippen molar-refractivity contribution >= 4 is 11.5 Å². The number of hydrogen-bond donors (Lipinski definition) is 1. The number of oxime groups is 1. The van der Waals surface area contributed by atoms with Gasteiger partial charge < -0.3 is 9.94 Å². The van der Waals surface area contributed by atoms with Gasteiger partial charge in [-0.05, 0) is 66.7 Å². The molecule has 1 aromatic carbocycles. The number of benzene rings is 1. The van der Waals surface area contributed by atoms with E-state index in [1.807, 2.05) is 0 Å². The Morgan fingerprint density at radius 2 is 2.28 bits per heavy atom. The zero-order valence-corrected chi connectivity index (χ0v) is 14.7. The molecule has 0 radical (unpaired) electrons. The van der Waals surface area contributed by atoms with E-state index in [2.05, 4.69) is 36.9 Å². The largest absolute Gasteiger partial charge is 0.490 e. The summed E-state index contributed by atoms with van der Waals surface area (Å²) in [4.78, 5) is 12.6. The molecule has 4 rings (SSSR count). The van der Waals surface area contributed by atoms with Crippen LogP contribution in [0.5, 0.6) is 5.75 Å². The van der Waals surface area contributed by atoms with E-state index >= 15 is 0 Å². The lowest BCUT2D eigenvalue weighted by Crippen LogP contribution is -2.42. The predicted molar refractivity (Wildman–Crippen MR) is 96.4 cm³/mol. The van der Waals surface area contributed by atoms with E-state index in [4.69, 9.17) is 4.74 Å². The van der Waals surface area contributed by atoms with Crippen LogP contribution in [0.2, 0.25) is 0 Å². The number of carbonyl (C=O) groups excluding carboxylic acids is 1. The number of nitrogens with zero attached hydrogens (tertiary/aromatic N) is 1. The molecule has 3 aliphatic rings. The highest BCUT2D eigenvalue weighted by molar-refractivity contribution is 6.43. The number of aryl methyl sites for hydroxylation is 1. The van der Waals surface area contributed by atoms with E-state index in [0.717, 1.165) is 31.4 Å². The van der Waals surface area contributed by atoms with Crippen LogP contribution in [0.15, 0.2) is 36.0 Å². The number of fused-ring (bicyclic) bond motifs is 5. The van der Waals surface area contributed by atoms with Gasteiger partial charge in [-0.2, -0.15) is 0 Å². The van der Waals surface area contributed by atoms with Crippen LogP contribution in [0.25, 0.3) is 0 Å². The molecular formula is C21H25NO3. The maximum absolute atomic E-state index is 12.6. The number of ketones is 1. The van der Waals surface area contributed by atoms with Crippen LogP contribution in [0, 0.1) is 17.3 Å². The third-order valence-corrected chi connectivity index (χ3v) is 6.77. The molecule has 0 saturated heterocycles. The van der Waals surface area contributed by atoms with Gasteiger partial charge in [0.1, 0.15) is 18.1 Å². The minimum atomic E-state index is -0.340. The number of ether oxygens (including phenoxy) is 1. The van der Waals surface area contributed by atoms with Gasteiger partial charge in [-0.1, -0.05) is 30.8 Å². The average molecular weight is 339 g/mol. The van der Waals surface area contributed by atoms with Gasteiger partial charge in [0, 0.05) is 11.8 Å². The molecule has 4 heteroatoms. The van der Waals surface area contributed by atoms with Gasteiger partial charge in [0.05, 0.1) is 0 Å². The van der Waals surface area contributed by atoms with Crippen molar-refractivity contribution < 1.29 is 14.7 Å². The van der Waals surface area contributed by atoms with Crippen molar-refractivity contribution in [1.29, 1.82) is 0 Å². The molecule has 1 N–H and O–H groups in total. The lowest BCUT2D eigenvalue weighted by atomic mass is 9.55. The van der Waals surface area contributed by atoms with Crippen LogP contribution < -0.4 is 4.74 Å². The number of hydrogen-bond acceptors (Lipinski definition) is 4. The molecule has 4 nitrogen and oxygen atoms in total. The standard InChI is InChI=1S/C21H25NO3/c1-3-10-25-14-5-7-15-13(11-14)4-6-17-16(15)8-9-21(2)18(17)12-19(22-24)20(21)23/h3,5,7,11,16-18,24H,1,4,6,8-10,12H2,2H3/t16-,17-,18+,21+/m1/s1. The first-order chi connectivity index (χ1) is 12.1. The van der Waals surface area contributed by atoms with Gasteiger partial charge >= 0.3 is 0 Å². The minimum Gasteiger partial charge on any atom is -0.490 e. The fourth-order valence-corrected chi connectivity index (χ4v) is 5.50. The molecule has 2 saturated carbocycles. The third-order valence-electron chi connectivity index (χ3n) is 6.77. The summed E-state index contributed by atoms with van der Waals surface area (Å²) in [5.41, 5.74) is 2.85. The van der Waals surface area contributed by atoms with Gasteiger partial charge in [0.2, 0.25) is 0 Å².